The summed E-state index contributed by atoms with van der Waals surface area (Å²) in [5, 5.41) is 9.23. The third kappa shape index (κ3) is 9.41. The van der Waals surface area contributed by atoms with Gasteiger partial charge in [-0.05, 0) is 19.8 Å². The van der Waals surface area contributed by atoms with Crippen molar-refractivity contribution in [1.29, 1.82) is 0 Å². The van der Waals surface area contributed by atoms with E-state index in [2.05, 4.69) is 11.5 Å². The highest BCUT2D eigenvalue weighted by Gasteiger charge is 2.02. The second kappa shape index (κ2) is 9.59. The molecular formula is C11H25NO. The highest BCUT2D eigenvalue weighted by molar-refractivity contribution is 4.85. The minimum atomic E-state index is -0.156. The van der Waals surface area contributed by atoms with Gasteiger partial charge in [0, 0.05) is 19.3 Å². The monoisotopic (exact) mass is 187 g/mol. The van der Waals surface area contributed by atoms with E-state index in [1.54, 1.807) is 0 Å². The van der Waals surface area contributed by atoms with E-state index in [-0.39, 0.29) is 6.10 Å². The molecule has 0 aromatic carbocycles. The summed E-state index contributed by atoms with van der Waals surface area (Å²) in [5.74, 6) is 0. The topological polar surface area (TPSA) is 23.5 Å². The molecule has 13 heavy (non-hydrogen) atoms. The third-order valence-corrected chi connectivity index (χ3v) is 1.92. The van der Waals surface area contributed by atoms with Crippen LogP contribution in [0.5, 0.6) is 0 Å². The van der Waals surface area contributed by atoms with E-state index in [0.717, 1.165) is 25.1 Å². The maximum atomic E-state index is 9.23. The van der Waals surface area contributed by atoms with Crippen molar-refractivity contribution < 1.29 is 5.11 Å². The van der Waals surface area contributed by atoms with Crippen molar-refractivity contribution in [2.75, 3.05) is 13.6 Å². The summed E-state index contributed by atoms with van der Waals surface area (Å²) in [4.78, 5) is 2.05. The molecule has 0 radical (unpaired) electrons. The Kier molecular flexibility index (Phi) is 11.1. The fraction of sp³-hybridized carbons (Fsp3) is 0.818. The smallest absolute Gasteiger partial charge is 0.0554 e. The first-order valence-corrected chi connectivity index (χ1v) is 5.12. The van der Waals surface area contributed by atoms with Gasteiger partial charge in [0.1, 0.15) is 0 Å². The lowest BCUT2D eigenvalue weighted by molar-refractivity contribution is 0.149. The Morgan fingerprint density at radius 2 is 1.92 bits per heavy atom. The summed E-state index contributed by atoms with van der Waals surface area (Å²) in [6.07, 6.45) is 1.51. The van der Waals surface area contributed by atoms with Crippen LogP contribution in [-0.4, -0.2) is 29.7 Å². The summed E-state index contributed by atoms with van der Waals surface area (Å²) in [5.41, 5.74) is 1.05. The Morgan fingerprint density at radius 3 is 2.23 bits per heavy atom. The van der Waals surface area contributed by atoms with Crippen LogP contribution in [0.1, 0.15) is 40.5 Å². The van der Waals surface area contributed by atoms with Crippen molar-refractivity contribution in [1.82, 2.24) is 4.90 Å². The zero-order chi connectivity index (χ0) is 10.9. The van der Waals surface area contributed by atoms with Crippen LogP contribution in [0.2, 0.25) is 0 Å². The molecule has 0 fully saturated rings. The van der Waals surface area contributed by atoms with Crippen LogP contribution in [0.4, 0.5) is 0 Å². The van der Waals surface area contributed by atoms with E-state index in [4.69, 9.17) is 0 Å². The van der Waals surface area contributed by atoms with Gasteiger partial charge in [-0.15, -0.1) is 0 Å². The predicted octanol–water partition coefficient (Wildman–Crippen LogP) is 2.64. The second-order valence-electron chi connectivity index (χ2n) is 3.01. The molecule has 2 heteroatoms. The lowest BCUT2D eigenvalue weighted by Crippen LogP contribution is -2.20. The Balaban J connectivity index is 0. The van der Waals surface area contributed by atoms with Gasteiger partial charge in [-0.3, -0.25) is 0 Å². The summed E-state index contributed by atoms with van der Waals surface area (Å²) in [6.45, 7) is 12.7. The quantitative estimate of drug-likeness (QED) is 0.715. The van der Waals surface area contributed by atoms with Crippen molar-refractivity contribution in [2.45, 2.75) is 46.6 Å². The second-order valence-corrected chi connectivity index (χ2v) is 3.01. The average molecular weight is 187 g/mol. The Labute approximate surface area is 83.3 Å². The van der Waals surface area contributed by atoms with Crippen LogP contribution < -0.4 is 0 Å². The number of hydrogen-bond donors (Lipinski definition) is 1. The molecule has 0 amide bonds. The maximum Gasteiger partial charge on any atom is 0.0554 e. The summed E-state index contributed by atoms with van der Waals surface area (Å²) >= 11 is 0. The first kappa shape index (κ1) is 15.0. The average Bonchev–Trinajstić information content (AvgIpc) is 2.16. The molecule has 0 aliphatic heterocycles. The van der Waals surface area contributed by atoms with E-state index < -0.39 is 0 Å². The fourth-order valence-electron chi connectivity index (χ4n) is 0.738. The van der Waals surface area contributed by atoms with E-state index in [1.165, 1.54) is 0 Å². The van der Waals surface area contributed by atoms with Crippen molar-refractivity contribution in [3.8, 4) is 0 Å². The molecule has 0 bridgehead atoms. The number of hydrogen-bond acceptors (Lipinski definition) is 2. The van der Waals surface area contributed by atoms with Crippen molar-refractivity contribution in [3.05, 3.63) is 12.3 Å². The van der Waals surface area contributed by atoms with Gasteiger partial charge < -0.3 is 10.0 Å². The standard InChI is InChI=1S/C9H19NO.C2H6/c1-5-9(11)6-7-10(4)8(2)3;1-2/h9,11H,2,5-7H2,1,3-4H3;1-2H3. The maximum absolute atomic E-state index is 9.23. The minimum absolute atomic E-state index is 0.156. The Bertz CT molecular complexity index is 123. The number of aliphatic hydroxyl groups is 1. The molecular weight excluding hydrogens is 162 g/mol. The Morgan fingerprint density at radius 1 is 1.46 bits per heavy atom. The number of nitrogens with zero attached hydrogens (tertiary/aromatic N) is 1. The molecule has 1 N–H and O–H groups in total. The lowest BCUT2D eigenvalue weighted by Gasteiger charge is -2.19. The van der Waals surface area contributed by atoms with Gasteiger partial charge in [0.25, 0.3) is 0 Å². The van der Waals surface area contributed by atoms with Crippen LogP contribution in [0, 0.1) is 0 Å². The molecule has 0 saturated carbocycles. The van der Waals surface area contributed by atoms with Crippen LogP contribution in [0.25, 0.3) is 0 Å². The summed E-state index contributed by atoms with van der Waals surface area (Å²) < 4.78 is 0. The molecule has 0 aliphatic carbocycles. The first-order chi connectivity index (χ1) is 6.07. The molecule has 0 heterocycles. The molecule has 2 nitrogen and oxygen atoms in total. The van der Waals surface area contributed by atoms with Crippen LogP contribution in [0.15, 0.2) is 12.3 Å². The van der Waals surface area contributed by atoms with Crippen LogP contribution >= 0.6 is 0 Å². The van der Waals surface area contributed by atoms with Gasteiger partial charge in [0.2, 0.25) is 0 Å². The Hall–Kier alpha value is -0.500. The van der Waals surface area contributed by atoms with Crippen LogP contribution in [0.3, 0.4) is 0 Å². The molecule has 0 aliphatic rings. The van der Waals surface area contributed by atoms with Gasteiger partial charge >= 0.3 is 0 Å². The molecule has 1 atom stereocenters. The minimum Gasteiger partial charge on any atom is -0.393 e. The van der Waals surface area contributed by atoms with Gasteiger partial charge in [0.05, 0.1) is 6.10 Å². The van der Waals surface area contributed by atoms with E-state index in [9.17, 15) is 5.11 Å². The summed E-state index contributed by atoms with van der Waals surface area (Å²) in [7, 11) is 1.99. The normalized spacial score (nSPS) is 11.2. The lowest BCUT2D eigenvalue weighted by atomic mass is 10.2. The number of aliphatic hydroxyl groups excluding tert-OH is 1. The van der Waals surface area contributed by atoms with Gasteiger partial charge in [-0.25, -0.2) is 0 Å². The largest absolute Gasteiger partial charge is 0.393 e. The molecule has 0 aromatic rings. The van der Waals surface area contributed by atoms with Gasteiger partial charge in [0.15, 0.2) is 0 Å². The van der Waals surface area contributed by atoms with Crippen molar-refractivity contribution in [3.63, 3.8) is 0 Å². The summed E-state index contributed by atoms with van der Waals surface area (Å²) in [6, 6.07) is 0. The van der Waals surface area contributed by atoms with Gasteiger partial charge in [-0.2, -0.15) is 0 Å². The molecule has 0 rings (SSSR count). The zero-order valence-electron chi connectivity index (χ0n) is 9.80. The molecule has 0 saturated heterocycles. The van der Waals surface area contributed by atoms with Crippen LogP contribution in [-0.2, 0) is 0 Å². The first-order valence-electron chi connectivity index (χ1n) is 5.12. The predicted molar refractivity (Wildman–Crippen MR) is 59.7 cm³/mol. The molecule has 80 valence electrons. The van der Waals surface area contributed by atoms with Crippen molar-refractivity contribution >= 4 is 0 Å². The fourth-order valence-corrected chi connectivity index (χ4v) is 0.738. The van der Waals surface area contributed by atoms with E-state index in [1.807, 2.05) is 34.7 Å². The van der Waals surface area contributed by atoms with Gasteiger partial charge in [-0.1, -0.05) is 27.4 Å². The number of allylic oxidation sites excluding steroid dienone is 1. The third-order valence-electron chi connectivity index (χ3n) is 1.92. The SMILES string of the molecule is C=C(C)N(C)CCC(O)CC.CC. The molecule has 0 aromatic heterocycles. The zero-order valence-corrected chi connectivity index (χ0v) is 9.80. The van der Waals surface area contributed by atoms with E-state index in [0.29, 0.717) is 0 Å². The number of rotatable bonds is 5. The molecule has 1 unspecified atom stereocenters. The molecule has 0 spiro atoms. The highest BCUT2D eigenvalue weighted by atomic mass is 16.3. The van der Waals surface area contributed by atoms with E-state index >= 15 is 0 Å². The van der Waals surface area contributed by atoms with Crippen molar-refractivity contribution in [2.24, 2.45) is 0 Å². The highest BCUT2D eigenvalue weighted by Crippen LogP contribution is 2.02.